The van der Waals surface area contributed by atoms with Crippen molar-refractivity contribution in [2.75, 3.05) is 14.2 Å². The monoisotopic (exact) mass is 420 g/mol. The van der Waals surface area contributed by atoms with Crippen LogP contribution in [0.25, 0.3) is 12.2 Å². The number of ether oxygens (including phenoxy) is 3. The average Bonchev–Trinajstić information content (AvgIpc) is 2.79. The lowest BCUT2D eigenvalue weighted by Gasteiger charge is -2.06. The Morgan fingerprint density at radius 2 is 1.42 bits per heavy atom. The third-order valence-electron chi connectivity index (χ3n) is 4.61. The van der Waals surface area contributed by atoms with E-state index in [9.17, 15) is 15.0 Å². The molecule has 0 aliphatic carbocycles. The summed E-state index contributed by atoms with van der Waals surface area (Å²) in [4.78, 5) is 12.1. The van der Waals surface area contributed by atoms with Crippen LogP contribution in [0.5, 0.6) is 28.7 Å². The summed E-state index contributed by atoms with van der Waals surface area (Å²) >= 11 is 0. The summed E-state index contributed by atoms with van der Waals surface area (Å²) in [6, 6.07) is 17.3. The Kier molecular flexibility index (Phi) is 7.17. The first kappa shape index (κ1) is 21.8. The molecule has 0 fully saturated rings. The molecule has 3 aromatic rings. The van der Waals surface area contributed by atoms with Gasteiger partial charge in [-0.15, -0.1) is 0 Å². The molecule has 0 heterocycles. The van der Waals surface area contributed by atoms with Crippen LogP contribution in [0.2, 0.25) is 0 Å². The van der Waals surface area contributed by atoms with E-state index in [1.165, 1.54) is 12.1 Å². The van der Waals surface area contributed by atoms with Crippen LogP contribution >= 0.6 is 0 Å². The predicted octanol–water partition coefficient (Wildman–Crippen LogP) is 4.82. The molecule has 0 saturated heterocycles. The van der Waals surface area contributed by atoms with Crippen LogP contribution in [0.4, 0.5) is 0 Å². The molecule has 31 heavy (non-hydrogen) atoms. The van der Waals surface area contributed by atoms with Gasteiger partial charge in [0.25, 0.3) is 0 Å². The van der Waals surface area contributed by atoms with Gasteiger partial charge in [0.15, 0.2) is 11.5 Å². The fourth-order valence-corrected chi connectivity index (χ4v) is 2.92. The van der Waals surface area contributed by atoms with Crippen molar-refractivity contribution in [2.45, 2.75) is 12.8 Å². The van der Waals surface area contributed by atoms with Crippen LogP contribution < -0.4 is 14.2 Å². The van der Waals surface area contributed by atoms with Gasteiger partial charge in [-0.25, -0.2) is 0 Å². The highest BCUT2D eigenvalue weighted by Crippen LogP contribution is 2.26. The first-order valence-electron chi connectivity index (χ1n) is 9.69. The lowest BCUT2D eigenvalue weighted by atomic mass is 10.1. The van der Waals surface area contributed by atoms with Gasteiger partial charge in [-0.05, 0) is 59.5 Å². The molecule has 0 bridgehead atoms. The van der Waals surface area contributed by atoms with Gasteiger partial charge in [-0.1, -0.05) is 30.4 Å². The summed E-state index contributed by atoms with van der Waals surface area (Å²) in [5.74, 6) is 1.11. The van der Waals surface area contributed by atoms with E-state index < -0.39 is 0 Å². The molecule has 0 radical (unpaired) electrons. The molecule has 6 heteroatoms. The second-order valence-corrected chi connectivity index (χ2v) is 6.85. The Balaban J connectivity index is 1.56. The summed E-state index contributed by atoms with van der Waals surface area (Å²) in [5.41, 5.74) is 2.62. The molecule has 0 amide bonds. The molecular formula is C25H24O6. The number of phenols is 2. The minimum Gasteiger partial charge on any atom is -0.504 e. The summed E-state index contributed by atoms with van der Waals surface area (Å²) < 4.78 is 15.9. The molecule has 3 rings (SSSR count). The van der Waals surface area contributed by atoms with Crippen LogP contribution in [0.1, 0.15) is 23.1 Å². The number of carbonyl (C=O) groups is 1. The van der Waals surface area contributed by atoms with Gasteiger partial charge in [0, 0.05) is 12.5 Å². The van der Waals surface area contributed by atoms with Gasteiger partial charge in [-0.2, -0.15) is 0 Å². The lowest BCUT2D eigenvalue weighted by molar-refractivity contribution is -0.134. The second-order valence-electron chi connectivity index (χ2n) is 6.85. The molecule has 6 nitrogen and oxygen atoms in total. The standard InChI is InChI=1S/C25H24O6/c1-29-21-13-19(14-22(16-21)30-2)4-3-17-5-9-20(10-6-17)31-25(28)12-8-18-7-11-23(26)24(27)15-18/h3-7,9-11,13-16,26-27H,8,12H2,1-2H3/b4-3+. The lowest BCUT2D eigenvalue weighted by Crippen LogP contribution is -2.08. The summed E-state index contributed by atoms with van der Waals surface area (Å²) in [6.07, 6.45) is 4.44. The van der Waals surface area contributed by atoms with E-state index in [0.29, 0.717) is 23.7 Å². The Morgan fingerprint density at radius 1 is 0.774 bits per heavy atom. The molecule has 3 aromatic carbocycles. The fourth-order valence-electron chi connectivity index (χ4n) is 2.92. The smallest absolute Gasteiger partial charge is 0.311 e. The van der Waals surface area contributed by atoms with Crippen molar-refractivity contribution in [3.05, 3.63) is 77.4 Å². The van der Waals surface area contributed by atoms with E-state index in [1.807, 2.05) is 42.5 Å². The summed E-state index contributed by atoms with van der Waals surface area (Å²) in [6.45, 7) is 0. The Bertz CT molecular complexity index is 1050. The van der Waals surface area contributed by atoms with Gasteiger partial charge in [-0.3, -0.25) is 4.79 Å². The molecule has 0 atom stereocenters. The van der Waals surface area contributed by atoms with Gasteiger partial charge < -0.3 is 24.4 Å². The number of esters is 1. The van der Waals surface area contributed by atoms with E-state index in [1.54, 1.807) is 32.4 Å². The minimum atomic E-state index is -0.376. The number of rotatable bonds is 8. The highest BCUT2D eigenvalue weighted by Gasteiger charge is 2.07. The highest BCUT2D eigenvalue weighted by atomic mass is 16.5. The predicted molar refractivity (Wildman–Crippen MR) is 119 cm³/mol. The number of methoxy groups -OCH3 is 2. The molecular weight excluding hydrogens is 396 g/mol. The van der Waals surface area contributed by atoms with Crippen molar-refractivity contribution < 1.29 is 29.2 Å². The van der Waals surface area contributed by atoms with Crippen molar-refractivity contribution in [1.82, 2.24) is 0 Å². The van der Waals surface area contributed by atoms with Crippen molar-refractivity contribution in [1.29, 1.82) is 0 Å². The maximum Gasteiger partial charge on any atom is 0.311 e. The summed E-state index contributed by atoms with van der Waals surface area (Å²) in [7, 11) is 3.22. The first-order valence-corrected chi connectivity index (χ1v) is 9.69. The molecule has 0 aliphatic rings. The van der Waals surface area contributed by atoms with E-state index in [-0.39, 0.29) is 23.9 Å². The van der Waals surface area contributed by atoms with Crippen molar-refractivity contribution >= 4 is 18.1 Å². The van der Waals surface area contributed by atoms with Gasteiger partial charge >= 0.3 is 5.97 Å². The van der Waals surface area contributed by atoms with E-state index in [0.717, 1.165) is 16.7 Å². The number of hydrogen-bond donors (Lipinski definition) is 2. The Labute approximate surface area is 181 Å². The van der Waals surface area contributed by atoms with Gasteiger partial charge in [0.1, 0.15) is 17.2 Å². The Morgan fingerprint density at radius 3 is 2.03 bits per heavy atom. The number of hydrogen-bond acceptors (Lipinski definition) is 6. The molecule has 2 N–H and O–H groups in total. The van der Waals surface area contributed by atoms with E-state index in [2.05, 4.69) is 0 Å². The highest BCUT2D eigenvalue weighted by molar-refractivity contribution is 5.74. The van der Waals surface area contributed by atoms with E-state index in [4.69, 9.17) is 14.2 Å². The zero-order chi connectivity index (χ0) is 22.2. The third kappa shape index (κ3) is 6.27. The Hall–Kier alpha value is -3.93. The maximum absolute atomic E-state index is 12.1. The van der Waals surface area contributed by atoms with Gasteiger partial charge in [0.2, 0.25) is 0 Å². The molecule has 160 valence electrons. The molecule has 0 saturated carbocycles. The third-order valence-corrected chi connectivity index (χ3v) is 4.61. The largest absolute Gasteiger partial charge is 0.504 e. The van der Waals surface area contributed by atoms with Crippen molar-refractivity contribution in [3.8, 4) is 28.7 Å². The normalized spacial score (nSPS) is 10.8. The molecule has 0 aliphatic heterocycles. The minimum absolute atomic E-state index is 0.156. The van der Waals surface area contributed by atoms with Crippen LogP contribution in [-0.2, 0) is 11.2 Å². The maximum atomic E-state index is 12.1. The van der Waals surface area contributed by atoms with E-state index >= 15 is 0 Å². The van der Waals surface area contributed by atoms with Crippen molar-refractivity contribution in [2.24, 2.45) is 0 Å². The quantitative estimate of drug-likeness (QED) is 0.235. The number of aromatic hydroxyl groups is 2. The van der Waals surface area contributed by atoms with Crippen LogP contribution in [0.15, 0.2) is 60.7 Å². The second kappa shape index (κ2) is 10.2. The molecule has 0 unspecified atom stereocenters. The fraction of sp³-hybridized carbons (Fsp3) is 0.160. The van der Waals surface area contributed by atoms with Gasteiger partial charge in [0.05, 0.1) is 14.2 Å². The first-order chi connectivity index (χ1) is 15.0. The number of benzene rings is 3. The number of carbonyl (C=O) groups excluding carboxylic acids is 1. The molecule has 0 spiro atoms. The zero-order valence-corrected chi connectivity index (χ0v) is 17.4. The zero-order valence-electron chi connectivity index (χ0n) is 17.4. The van der Waals surface area contributed by atoms with Crippen molar-refractivity contribution in [3.63, 3.8) is 0 Å². The summed E-state index contributed by atoms with van der Waals surface area (Å²) in [5, 5.41) is 18.8. The number of aryl methyl sites for hydroxylation is 1. The van der Waals surface area contributed by atoms with Crippen LogP contribution in [0.3, 0.4) is 0 Å². The SMILES string of the molecule is COc1cc(/C=C/c2ccc(OC(=O)CCc3ccc(O)c(O)c3)cc2)cc(OC)c1. The number of phenolic OH excluding ortho intramolecular Hbond substituents is 2. The topological polar surface area (TPSA) is 85.2 Å². The molecule has 0 aromatic heterocycles. The van der Waals surface area contributed by atoms with Crippen LogP contribution in [0, 0.1) is 0 Å². The average molecular weight is 420 g/mol. The van der Waals surface area contributed by atoms with Crippen LogP contribution in [-0.4, -0.2) is 30.4 Å².